The van der Waals surface area contributed by atoms with Crippen molar-refractivity contribution in [3.63, 3.8) is 0 Å². The molecule has 3 heterocycles. The number of aromatic nitrogens is 6. The molecule has 1 aromatic carbocycles. The minimum atomic E-state index is -4.58. The van der Waals surface area contributed by atoms with E-state index in [0.717, 1.165) is 43.2 Å². The molecule has 0 fully saturated rings. The number of fused-ring (bicyclic) bond motifs is 1. The second-order valence-electron chi connectivity index (χ2n) is 6.65. The summed E-state index contributed by atoms with van der Waals surface area (Å²) in [6.07, 6.45) is -2.11. The van der Waals surface area contributed by atoms with Gasteiger partial charge in [0.2, 0.25) is 0 Å². The van der Waals surface area contributed by atoms with Crippen LogP contribution in [-0.4, -0.2) is 36.4 Å². The fourth-order valence-electron chi connectivity index (χ4n) is 3.12. The molecule has 0 unspecified atom stereocenters. The SMILES string of the molecule is Fc1cc(C(F)(F)F)ccc1Cc1nnn(CCCn2cnc3c2CNCN3)n1. The Morgan fingerprint density at radius 3 is 2.83 bits per heavy atom. The molecule has 8 nitrogen and oxygen atoms in total. The molecule has 29 heavy (non-hydrogen) atoms. The van der Waals surface area contributed by atoms with Crippen LogP contribution < -0.4 is 10.6 Å². The van der Waals surface area contributed by atoms with Crippen LogP contribution in [0.1, 0.15) is 29.1 Å². The lowest BCUT2D eigenvalue weighted by molar-refractivity contribution is -0.137. The molecule has 0 aliphatic carbocycles. The predicted molar refractivity (Wildman–Crippen MR) is 94.2 cm³/mol. The van der Waals surface area contributed by atoms with E-state index in [2.05, 4.69) is 31.0 Å². The third kappa shape index (κ3) is 4.36. The first-order valence-electron chi connectivity index (χ1n) is 9.01. The molecule has 12 heteroatoms. The monoisotopic (exact) mass is 410 g/mol. The van der Waals surface area contributed by atoms with Crippen LogP contribution in [0.15, 0.2) is 24.5 Å². The van der Waals surface area contributed by atoms with Gasteiger partial charge in [0.15, 0.2) is 5.82 Å². The van der Waals surface area contributed by atoms with Gasteiger partial charge in [-0.05, 0) is 29.3 Å². The minimum Gasteiger partial charge on any atom is -0.356 e. The highest BCUT2D eigenvalue weighted by Gasteiger charge is 2.31. The molecule has 0 bridgehead atoms. The summed E-state index contributed by atoms with van der Waals surface area (Å²) in [7, 11) is 0. The zero-order valence-electron chi connectivity index (χ0n) is 15.2. The van der Waals surface area contributed by atoms with Gasteiger partial charge < -0.3 is 9.88 Å². The van der Waals surface area contributed by atoms with E-state index < -0.39 is 17.6 Å². The highest BCUT2D eigenvalue weighted by Crippen LogP contribution is 2.30. The van der Waals surface area contributed by atoms with Crippen molar-refractivity contribution in [1.82, 2.24) is 35.1 Å². The molecule has 0 spiro atoms. The van der Waals surface area contributed by atoms with Gasteiger partial charge in [0.05, 0.1) is 30.8 Å². The van der Waals surface area contributed by atoms with Gasteiger partial charge >= 0.3 is 6.18 Å². The topological polar surface area (TPSA) is 85.5 Å². The Labute approximate surface area is 162 Å². The Balaban J connectivity index is 1.34. The van der Waals surface area contributed by atoms with Crippen LogP contribution in [0.25, 0.3) is 0 Å². The van der Waals surface area contributed by atoms with Crippen LogP contribution in [0, 0.1) is 5.82 Å². The summed E-state index contributed by atoms with van der Waals surface area (Å²) >= 11 is 0. The van der Waals surface area contributed by atoms with Gasteiger partial charge in [-0.3, -0.25) is 5.32 Å². The van der Waals surface area contributed by atoms with Gasteiger partial charge in [-0.1, -0.05) is 6.07 Å². The molecule has 1 aliphatic heterocycles. The lowest BCUT2D eigenvalue weighted by Gasteiger charge is -2.16. The number of rotatable bonds is 6. The van der Waals surface area contributed by atoms with Crippen molar-refractivity contribution in [2.75, 3.05) is 12.0 Å². The number of hydrogen-bond donors (Lipinski definition) is 2. The van der Waals surface area contributed by atoms with E-state index in [4.69, 9.17) is 0 Å². The molecule has 0 amide bonds. The van der Waals surface area contributed by atoms with Gasteiger partial charge in [0.1, 0.15) is 11.6 Å². The molecule has 1 aliphatic rings. The van der Waals surface area contributed by atoms with Gasteiger partial charge in [-0.25, -0.2) is 9.37 Å². The average molecular weight is 410 g/mol. The zero-order chi connectivity index (χ0) is 20.4. The lowest BCUT2D eigenvalue weighted by Crippen LogP contribution is -2.28. The number of imidazole rings is 1. The summed E-state index contributed by atoms with van der Waals surface area (Å²) in [6, 6.07) is 2.43. The minimum absolute atomic E-state index is 0.0314. The van der Waals surface area contributed by atoms with Crippen molar-refractivity contribution >= 4 is 5.82 Å². The Kier molecular flexibility index (Phi) is 5.18. The van der Waals surface area contributed by atoms with Crippen molar-refractivity contribution in [3.8, 4) is 0 Å². The Hall–Kier alpha value is -3.02. The van der Waals surface area contributed by atoms with E-state index in [0.29, 0.717) is 19.3 Å². The number of hydrogen-bond acceptors (Lipinski definition) is 6. The first-order chi connectivity index (χ1) is 13.9. The van der Waals surface area contributed by atoms with Gasteiger partial charge in [0, 0.05) is 19.5 Å². The van der Waals surface area contributed by atoms with E-state index in [9.17, 15) is 17.6 Å². The van der Waals surface area contributed by atoms with Crippen LogP contribution in [-0.2, 0) is 32.2 Å². The number of nitrogens with one attached hydrogen (secondary N) is 2. The molecule has 4 rings (SSSR count). The highest BCUT2D eigenvalue weighted by atomic mass is 19.4. The molecule has 0 atom stereocenters. The molecule has 0 saturated heterocycles. The van der Waals surface area contributed by atoms with Gasteiger partial charge in [0.25, 0.3) is 0 Å². The second kappa shape index (κ2) is 7.78. The molecular formula is C17H18F4N8. The van der Waals surface area contributed by atoms with Crippen LogP contribution in [0.2, 0.25) is 0 Å². The quantitative estimate of drug-likeness (QED) is 0.606. The van der Waals surface area contributed by atoms with Gasteiger partial charge in [-0.15, -0.1) is 10.2 Å². The van der Waals surface area contributed by atoms with Crippen LogP contribution in [0.3, 0.4) is 0 Å². The Morgan fingerprint density at radius 1 is 1.17 bits per heavy atom. The highest BCUT2D eigenvalue weighted by molar-refractivity contribution is 5.42. The zero-order valence-corrected chi connectivity index (χ0v) is 15.2. The standard InChI is InChI=1S/C17H18F4N8/c18-13-7-12(17(19,20)21)3-2-11(13)6-15-25-27-29(26-15)5-1-4-28-10-24-16-14(28)8-22-9-23-16/h2-3,7,10,22-23H,1,4-6,8-9H2. The van der Waals surface area contributed by atoms with Gasteiger partial charge in [-0.2, -0.15) is 18.0 Å². The Bertz CT molecular complexity index is 994. The molecule has 0 radical (unpaired) electrons. The second-order valence-corrected chi connectivity index (χ2v) is 6.65. The maximum atomic E-state index is 14.0. The fourth-order valence-corrected chi connectivity index (χ4v) is 3.12. The summed E-state index contributed by atoms with van der Waals surface area (Å²) in [5, 5.41) is 18.3. The summed E-state index contributed by atoms with van der Waals surface area (Å²) in [5.41, 5.74) is 0.145. The number of halogens is 4. The number of alkyl halides is 3. The number of nitrogens with zero attached hydrogens (tertiary/aromatic N) is 6. The van der Waals surface area contributed by atoms with Crippen molar-refractivity contribution in [2.24, 2.45) is 0 Å². The average Bonchev–Trinajstić information content (AvgIpc) is 3.30. The summed E-state index contributed by atoms with van der Waals surface area (Å²) < 4.78 is 53.9. The Morgan fingerprint density at radius 2 is 2.03 bits per heavy atom. The summed E-state index contributed by atoms with van der Waals surface area (Å²) in [4.78, 5) is 5.72. The van der Waals surface area contributed by atoms with E-state index in [-0.39, 0.29) is 17.8 Å². The largest absolute Gasteiger partial charge is 0.416 e. The summed E-state index contributed by atoms with van der Waals surface area (Å²) in [5.74, 6) is 0.184. The molecule has 3 aromatic rings. The third-order valence-corrected chi connectivity index (χ3v) is 4.60. The summed E-state index contributed by atoms with van der Waals surface area (Å²) in [6.45, 7) is 2.65. The van der Waals surface area contributed by atoms with Crippen LogP contribution in [0.5, 0.6) is 0 Å². The van der Waals surface area contributed by atoms with Crippen molar-refractivity contribution in [3.05, 3.63) is 53.0 Å². The predicted octanol–water partition coefficient (Wildman–Crippen LogP) is 2.18. The van der Waals surface area contributed by atoms with Crippen LogP contribution >= 0.6 is 0 Å². The number of benzene rings is 1. The van der Waals surface area contributed by atoms with Crippen molar-refractivity contribution in [1.29, 1.82) is 0 Å². The molecule has 154 valence electrons. The molecule has 0 saturated carbocycles. The number of anilines is 1. The van der Waals surface area contributed by atoms with E-state index in [1.807, 2.05) is 4.57 Å². The molecule has 2 N–H and O–H groups in total. The third-order valence-electron chi connectivity index (χ3n) is 4.60. The fraction of sp³-hybridized carbons (Fsp3) is 0.412. The van der Waals surface area contributed by atoms with E-state index in [1.165, 1.54) is 4.80 Å². The normalized spacial score (nSPS) is 13.9. The lowest BCUT2D eigenvalue weighted by atomic mass is 10.1. The maximum Gasteiger partial charge on any atom is 0.416 e. The van der Waals surface area contributed by atoms with E-state index >= 15 is 0 Å². The number of aryl methyl sites for hydroxylation is 2. The van der Waals surface area contributed by atoms with Crippen molar-refractivity contribution < 1.29 is 17.6 Å². The van der Waals surface area contributed by atoms with Crippen molar-refractivity contribution in [2.45, 2.75) is 38.7 Å². The molecule has 2 aromatic heterocycles. The number of tetrazole rings is 1. The smallest absolute Gasteiger partial charge is 0.356 e. The van der Waals surface area contributed by atoms with E-state index in [1.54, 1.807) is 6.33 Å². The van der Waals surface area contributed by atoms with Crippen LogP contribution in [0.4, 0.5) is 23.4 Å². The maximum absolute atomic E-state index is 14.0. The first-order valence-corrected chi connectivity index (χ1v) is 9.01. The molecular weight excluding hydrogens is 392 g/mol. The first kappa shape index (κ1) is 19.3.